The molecule has 3 fully saturated rings. The molecule has 1 aromatic heterocycles. The van der Waals surface area contributed by atoms with Crippen molar-refractivity contribution in [1.29, 1.82) is 0 Å². The maximum Gasteiger partial charge on any atom is 0.260 e. The van der Waals surface area contributed by atoms with Gasteiger partial charge in [-0.2, -0.15) is 4.98 Å². The fourth-order valence-electron chi connectivity index (χ4n) is 2.53. The number of anilines is 1. The molecule has 15 heavy (non-hydrogen) atoms. The van der Waals surface area contributed by atoms with Crippen molar-refractivity contribution in [2.24, 2.45) is 5.92 Å². The highest BCUT2D eigenvalue weighted by Crippen LogP contribution is 2.36. The Labute approximate surface area is 86.4 Å². The Morgan fingerprint density at radius 3 is 2.93 bits per heavy atom. The molecular weight excluding hydrogens is 196 g/mol. The standard InChI is InChI=1S/C9H12N4O2/c10-9-11-8(15-12-9)6-3-13-2-1-5(6)7(14)4-13/h5-6H,1-4H2,(H2,10,12). The monoisotopic (exact) mass is 208 g/mol. The van der Waals surface area contributed by atoms with E-state index >= 15 is 0 Å². The van der Waals surface area contributed by atoms with Gasteiger partial charge >= 0.3 is 0 Å². The van der Waals surface area contributed by atoms with Crippen molar-refractivity contribution in [3.05, 3.63) is 5.89 Å². The molecule has 6 nitrogen and oxygen atoms in total. The summed E-state index contributed by atoms with van der Waals surface area (Å²) in [5.41, 5.74) is 5.40. The van der Waals surface area contributed by atoms with Crippen LogP contribution in [0, 0.1) is 5.92 Å². The zero-order chi connectivity index (χ0) is 10.4. The Kier molecular flexibility index (Phi) is 1.79. The van der Waals surface area contributed by atoms with E-state index in [9.17, 15) is 4.79 Å². The van der Waals surface area contributed by atoms with Gasteiger partial charge in [0.15, 0.2) is 5.78 Å². The number of carbonyl (C=O) groups is 1. The van der Waals surface area contributed by atoms with Crippen molar-refractivity contribution in [3.8, 4) is 0 Å². The summed E-state index contributed by atoms with van der Waals surface area (Å²) in [5.74, 6) is 1.04. The van der Waals surface area contributed by atoms with E-state index in [-0.39, 0.29) is 23.6 Å². The SMILES string of the molecule is Nc1noc(C2CN3CCC2C(=O)C3)n1. The highest BCUT2D eigenvalue weighted by molar-refractivity contribution is 5.85. The fourth-order valence-corrected chi connectivity index (χ4v) is 2.53. The Bertz CT molecular complexity index is 403. The van der Waals surface area contributed by atoms with E-state index in [4.69, 9.17) is 10.3 Å². The van der Waals surface area contributed by atoms with Crippen LogP contribution in [0.3, 0.4) is 0 Å². The van der Waals surface area contributed by atoms with Crippen LogP contribution in [0.4, 0.5) is 5.95 Å². The smallest absolute Gasteiger partial charge is 0.260 e. The Morgan fingerprint density at radius 2 is 2.33 bits per heavy atom. The van der Waals surface area contributed by atoms with Crippen molar-refractivity contribution < 1.29 is 9.32 Å². The molecule has 3 unspecified atom stereocenters. The molecule has 1 aromatic rings. The summed E-state index contributed by atoms with van der Waals surface area (Å²) in [5, 5.41) is 3.56. The number of Topliss-reactive ketones (excluding diaryl/α,β-unsaturated/α-hetero) is 1. The van der Waals surface area contributed by atoms with E-state index in [0.717, 1.165) is 19.5 Å². The summed E-state index contributed by atoms with van der Waals surface area (Å²) >= 11 is 0. The van der Waals surface area contributed by atoms with Crippen LogP contribution in [0.5, 0.6) is 0 Å². The molecule has 6 heteroatoms. The first-order valence-corrected chi connectivity index (χ1v) is 5.08. The maximum atomic E-state index is 11.7. The first-order valence-electron chi connectivity index (χ1n) is 5.08. The van der Waals surface area contributed by atoms with Crippen molar-refractivity contribution in [1.82, 2.24) is 15.0 Å². The van der Waals surface area contributed by atoms with Crippen LogP contribution in [0.25, 0.3) is 0 Å². The van der Waals surface area contributed by atoms with Gasteiger partial charge in [-0.3, -0.25) is 9.69 Å². The van der Waals surface area contributed by atoms with Crippen LogP contribution in [0.1, 0.15) is 18.2 Å². The lowest BCUT2D eigenvalue weighted by atomic mass is 9.78. The summed E-state index contributed by atoms with van der Waals surface area (Å²) in [7, 11) is 0. The summed E-state index contributed by atoms with van der Waals surface area (Å²) in [6.45, 7) is 2.40. The van der Waals surface area contributed by atoms with Crippen molar-refractivity contribution in [3.63, 3.8) is 0 Å². The second-order valence-corrected chi connectivity index (χ2v) is 4.19. The molecule has 3 aliphatic heterocycles. The number of hydrogen-bond donors (Lipinski definition) is 1. The van der Waals surface area contributed by atoms with Crippen LogP contribution in [0.15, 0.2) is 4.52 Å². The summed E-state index contributed by atoms with van der Waals surface area (Å²) in [6.07, 6.45) is 0.895. The van der Waals surface area contributed by atoms with Crippen molar-refractivity contribution in [2.45, 2.75) is 12.3 Å². The molecule has 3 saturated heterocycles. The molecule has 4 heterocycles. The molecule has 4 rings (SSSR count). The quantitative estimate of drug-likeness (QED) is 0.678. The van der Waals surface area contributed by atoms with Gasteiger partial charge in [-0.25, -0.2) is 0 Å². The maximum absolute atomic E-state index is 11.7. The second-order valence-electron chi connectivity index (χ2n) is 4.19. The van der Waals surface area contributed by atoms with Gasteiger partial charge in [0.05, 0.1) is 12.5 Å². The molecule has 3 atom stereocenters. The first kappa shape index (κ1) is 8.84. The Hall–Kier alpha value is -1.43. The van der Waals surface area contributed by atoms with E-state index in [2.05, 4.69) is 15.0 Å². The number of nitrogen functional groups attached to an aromatic ring is 1. The molecule has 3 aliphatic rings. The van der Waals surface area contributed by atoms with Gasteiger partial charge in [-0.05, 0) is 18.1 Å². The second kappa shape index (κ2) is 3.03. The topological polar surface area (TPSA) is 85.2 Å². The third-order valence-electron chi connectivity index (χ3n) is 3.26. The minimum atomic E-state index is 0.0461. The fraction of sp³-hybridized carbons (Fsp3) is 0.667. The minimum Gasteiger partial charge on any atom is -0.365 e. The van der Waals surface area contributed by atoms with E-state index in [1.165, 1.54) is 0 Å². The Morgan fingerprint density at radius 1 is 1.47 bits per heavy atom. The molecule has 0 spiro atoms. The number of nitrogens with zero attached hydrogens (tertiary/aromatic N) is 3. The van der Waals surface area contributed by atoms with Gasteiger partial charge < -0.3 is 10.3 Å². The highest BCUT2D eigenvalue weighted by atomic mass is 16.5. The number of hydrogen-bond acceptors (Lipinski definition) is 6. The molecule has 0 amide bonds. The lowest BCUT2D eigenvalue weighted by Gasteiger charge is -2.41. The average molecular weight is 208 g/mol. The Balaban J connectivity index is 1.91. The largest absolute Gasteiger partial charge is 0.365 e. The molecule has 2 bridgehead atoms. The van der Waals surface area contributed by atoms with Crippen LogP contribution in [-0.2, 0) is 4.79 Å². The van der Waals surface area contributed by atoms with E-state index < -0.39 is 0 Å². The average Bonchev–Trinajstić information content (AvgIpc) is 2.65. The number of rotatable bonds is 1. The summed E-state index contributed by atoms with van der Waals surface area (Å²) in [4.78, 5) is 17.8. The van der Waals surface area contributed by atoms with Gasteiger partial charge in [0.2, 0.25) is 5.89 Å². The molecule has 0 saturated carbocycles. The summed E-state index contributed by atoms with van der Waals surface area (Å²) in [6, 6.07) is 0. The number of piperidine rings is 3. The third-order valence-corrected chi connectivity index (χ3v) is 3.26. The van der Waals surface area contributed by atoms with E-state index in [0.29, 0.717) is 12.4 Å². The highest BCUT2D eigenvalue weighted by Gasteiger charge is 2.43. The van der Waals surface area contributed by atoms with Crippen LogP contribution < -0.4 is 5.73 Å². The van der Waals surface area contributed by atoms with Crippen molar-refractivity contribution in [2.75, 3.05) is 25.4 Å². The normalized spacial score (nSPS) is 34.7. The number of nitrogens with two attached hydrogens (primary N) is 1. The lowest BCUT2D eigenvalue weighted by molar-refractivity contribution is -0.132. The molecular formula is C9H12N4O2. The predicted molar refractivity (Wildman–Crippen MR) is 51.0 cm³/mol. The lowest BCUT2D eigenvalue weighted by Crippen LogP contribution is -2.52. The minimum absolute atomic E-state index is 0.0461. The number of fused-ring (bicyclic) bond motifs is 3. The molecule has 0 aromatic carbocycles. The summed E-state index contributed by atoms with van der Waals surface area (Å²) < 4.78 is 5.04. The zero-order valence-corrected chi connectivity index (χ0v) is 8.22. The molecule has 0 aliphatic carbocycles. The van der Waals surface area contributed by atoms with Gasteiger partial charge in [-0.15, -0.1) is 0 Å². The van der Waals surface area contributed by atoms with Gasteiger partial charge in [0.25, 0.3) is 5.95 Å². The zero-order valence-electron chi connectivity index (χ0n) is 8.22. The van der Waals surface area contributed by atoms with E-state index in [1.807, 2.05) is 0 Å². The number of carbonyl (C=O) groups excluding carboxylic acids is 1. The van der Waals surface area contributed by atoms with Crippen LogP contribution in [0.2, 0.25) is 0 Å². The van der Waals surface area contributed by atoms with Crippen LogP contribution >= 0.6 is 0 Å². The van der Waals surface area contributed by atoms with Crippen LogP contribution in [-0.4, -0.2) is 40.5 Å². The molecule has 0 radical (unpaired) electrons. The molecule has 80 valence electrons. The van der Waals surface area contributed by atoms with Gasteiger partial charge in [0, 0.05) is 12.5 Å². The van der Waals surface area contributed by atoms with Gasteiger partial charge in [-0.1, -0.05) is 0 Å². The van der Waals surface area contributed by atoms with Crippen molar-refractivity contribution >= 4 is 11.7 Å². The predicted octanol–water partition coefficient (Wildman–Crippen LogP) is -0.360. The third kappa shape index (κ3) is 1.32. The number of aromatic nitrogens is 2. The first-order chi connectivity index (χ1) is 7.24. The van der Waals surface area contributed by atoms with E-state index in [1.54, 1.807) is 0 Å². The number of ketones is 1. The van der Waals surface area contributed by atoms with Gasteiger partial charge in [0.1, 0.15) is 0 Å². The molecule has 2 N–H and O–H groups in total.